The summed E-state index contributed by atoms with van der Waals surface area (Å²) < 4.78 is 16.1. The molecule has 1 aromatic carbocycles. The average Bonchev–Trinajstić information content (AvgIpc) is 2.88. The molecule has 0 amide bonds. The predicted molar refractivity (Wildman–Crippen MR) is 63.6 cm³/mol. The van der Waals surface area contributed by atoms with E-state index in [1.54, 1.807) is 7.11 Å². The van der Waals surface area contributed by atoms with Crippen LogP contribution in [0.5, 0.6) is 5.75 Å². The number of methoxy groups -OCH3 is 1. The van der Waals surface area contributed by atoms with Gasteiger partial charge in [-0.25, -0.2) is 4.98 Å². The molecule has 0 aliphatic carbocycles. The highest BCUT2D eigenvalue weighted by atomic mass is 16.5. The zero-order valence-electron chi connectivity index (χ0n) is 9.68. The van der Waals surface area contributed by atoms with Gasteiger partial charge in [0.25, 0.3) is 0 Å². The minimum absolute atomic E-state index is 0.741. The van der Waals surface area contributed by atoms with E-state index in [2.05, 4.69) is 9.88 Å². The molecule has 0 atom stereocenters. The molecule has 0 N–H and O–H groups in total. The van der Waals surface area contributed by atoms with Gasteiger partial charge in [-0.2, -0.15) is 0 Å². The molecule has 2 heterocycles. The number of oxazole rings is 1. The summed E-state index contributed by atoms with van der Waals surface area (Å²) in [4.78, 5) is 6.44. The topological polar surface area (TPSA) is 47.7 Å². The maximum atomic E-state index is 5.47. The minimum atomic E-state index is 0.741. The third-order valence-electron chi connectivity index (χ3n) is 3.00. The highest BCUT2D eigenvalue weighted by Gasteiger charge is 2.18. The van der Waals surface area contributed by atoms with E-state index in [1.165, 1.54) is 6.39 Å². The van der Waals surface area contributed by atoms with E-state index >= 15 is 0 Å². The lowest BCUT2D eigenvalue weighted by Gasteiger charge is -2.28. The standard InChI is InChI=1S/C12H14N2O3/c1-15-10-3-2-9(12-11(10)13-8-17-12)14-4-6-16-7-5-14/h2-3,8H,4-7H2,1H3. The molecule has 0 unspecified atom stereocenters. The lowest BCUT2D eigenvalue weighted by Crippen LogP contribution is -2.36. The molecular weight excluding hydrogens is 220 g/mol. The zero-order chi connectivity index (χ0) is 11.7. The van der Waals surface area contributed by atoms with Crippen LogP contribution in [0.3, 0.4) is 0 Å². The molecule has 0 saturated carbocycles. The van der Waals surface area contributed by atoms with Crippen LogP contribution in [0.4, 0.5) is 5.69 Å². The van der Waals surface area contributed by atoms with Crippen molar-refractivity contribution >= 4 is 16.8 Å². The molecule has 5 heteroatoms. The Kier molecular flexibility index (Phi) is 2.60. The molecule has 1 aliphatic heterocycles. The Hall–Kier alpha value is -1.75. The number of ether oxygens (including phenoxy) is 2. The normalized spacial score (nSPS) is 16.4. The van der Waals surface area contributed by atoms with Crippen LogP contribution in [0.2, 0.25) is 0 Å². The first-order valence-electron chi connectivity index (χ1n) is 5.63. The number of rotatable bonds is 2. The van der Waals surface area contributed by atoms with Crippen LogP contribution in [0.1, 0.15) is 0 Å². The quantitative estimate of drug-likeness (QED) is 0.791. The second-order valence-corrected chi connectivity index (χ2v) is 3.92. The summed E-state index contributed by atoms with van der Waals surface area (Å²) in [6, 6.07) is 3.94. The largest absolute Gasteiger partial charge is 0.494 e. The van der Waals surface area contributed by atoms with E-state index in [0.717, 1.165) is 48.8 Å². The van der Waals surface area contributed by atoms with Crippen molar-refractivity contribution in [1.29, 1.82) is 0 Å². The van der Waals surface area contributed by atoms with Crippen molar-refractivity contribution in [3.8, 4) is 5.75 Å². The SMILES string of the molecule is COc1ccc(N2CCOCC2)c2ocnc12. The number of morpholine rings is 1. The third kappa shape index (κ3) is 1.72. The molecule has 1 aliphatic rings. The van der Waals surface area contributed by atoms with Crippen molar-refractivity contribution in [3.63, 3.8) is 0 Å². The molecule has 17 heavy (non-hydrogen) atoms. The molecule has 0 bridgehead atoms. The van der Waals surface area contributed by atoms with Gasteiger partial charge in [0.05, 0.1) is 26.0 Å². The monoisotopic (exact) mass is 234 g/mol. The summed E-state index contributed by atoms with van der Waals surface area (Å²) in [6.07, 6.45) is 1.46. The van der Waals surface area contributed by atoms with Crippen LogP contribution in [0, 0.1) is 0 Å². The first-order valence-corrected chi connectivity index (χ1v) is 5.63. The Morgan fingerprint density at radius 3 is 2.88 bits per heavy atom. The average molecular weight is 234 g/mol. The number of benzene rings is 1. The second-order valence-electron chi connectivity index (χ2n) is 3.92. The molecule has 1 aromatic heterocycles. The van der Waals surface area contributed by atoms with Gasteiger partial charge in [-0.3, -0.25) is 0 Å². The number of nitrogens with zero attached hydrogens (tertiary/aromatic N) is 2. The van der Waals surface area contributed by atoms with E-state index in [0.29, 0.717) is 0 Å². The Morgan fingerprint density at radius 2 is 2.12 bits per heavy atom. The van der Waals surface area contributed by atoms with Gasteiger partial charge in [-0.1, -0.05) is 0 Å². The Bertz CT molecular complexity index is 517. The van der Waals surface area contributed by atoms with Gasteiger partial charge in [0.15, 0.2) is 17.5 Å². The first-order chi connectivity index (χ1) is 8.40. The van der Waals surface area contributed by atoms with Gasteiger partial charge < -0.3 is 18.8 Å². The summed E-state index contributed by atoms with van der Waals surface area (Å²) in [5.41, 5.74) is 2.62. The van der Waals surface area contributed by atoms with Gasteiger partial charge in [0.2, 0.25) is 0 Å². The lowest BCUT2D eigenvalue weighted by atomic mass is 10.2. The van der Waals surface area contributed by atoms with Gasteiger partial charge in [-0.05, 0) is 12.1 Å². The predicted octanol–water partition coefficient (Wildman–Crippen LogP) is 1.67. The van der Waals surface area contributed by atoms with Crippen molar-refractivity contribution in [2.75, 3.05) is 38.3 Å². The van der Waals surface area contributed by atoms with Gasteiger partial charge in [-0.15, -0.1) is 0 Å². The Morgan fingerprint density at radius 1 is 1.29 bits per heavy atom. The summed E-state index contributed by atoms with van der Waals surface area (Å²) in [5, 5.41) is 0. The molecule has 3 rings (SSSR count). The highest BCUT2D eigenvalue weighted by molar-refractivity contribution is 5.91. The molecule has 0 spiro atoms. The van der Waals surface area contributed by atoms with Gasteiger partial charge in [0, 0.05) is 13.1 Å². The van der Waals surface area contributed by atoms with Crippen LogP contribution in [0.25, 0.3) is 11.1 Å². The zero-order valence-corrected chi connectivity index (χ0v) is 9.68. The van der Waals surface area contributed by atoms with Crippen molar-refractivity contribution in [3.05, 3.63) is 18.5 Å². The number of hydrogen-bond donors (Lipinski definition) is 0. The minimum Gasteiger partial charge on any atom is -0.494 e. The lowest BCUT2D eigenvalue weighted by molar-refractivity contribution is 0.122. The van der Waals surface area contributed by atoms with Crippen LogP contribution in [0.15, 0.2) is 22.9 Å². The van der Waals surface area contributed by atoms with Crippen LogP contribution in [-0.4, -0.2) is 38.4 Å². The smallest absolute Gasteiger partial charge is 0.182 e. The summed E-state index contributed by atoms with van der Waals surface area (Å²) in [7, 11) is 1.64. The number of fused-ring (bicyclic) bond motifs is 1. The fraction of sp³-hybridized carbons (Fsp3) is 0.417. The molecule has 1 fully saturated rings. The van der Waals surface area contributed by atoms with Crippen LogP contribution >= 0.6 is 0 Å². The van der Waals surface area contributed by atoms with E-state index in [-0.39, 0.29) is 0 Å². The number of anilines is 1. The second kappa shape index (κ2) is 4.25. The maximum absolute atomic E-state index is 5.47. The highest BCUT2D eigenvalue weighted by Crippen LogP contribution is 2.33. The first kappa shape index (κ1) is 10.4. The van der Waals surface area contributed by atoms with E-state index in [1.807, 2.05) is 12.1 Å². The van der Waals surface area contributed by atoms with Crippen molar-refractivity contribution < 1.29 is 13.9 Å². The molecule has 2 aromatic rings. The van der Waals surface area contributed by atoms with Gasteiger partial charge >= 0.3 is 0 Å². The Balaban J connectivity index is 2.07. The van der Waals surface area contributed by atoms with Gasteiger partial charge in [0.1, 0.15) is 5.75 Å². The fourth-order valence-electron chi connectivity index (χ4n) is 2.13. The number of hydrogen-bond acceptors (Lipinski definition) is 5. The molecule has 0 radical (unpaired) electrons. The molecular formula is C12H14N2O3. The summed E-state index contributed by atoms with van der Waals surface area (Å²) >= 11 is 0. The van der Waals surface area contributed by atoms with Crippen molar-refractivity contribution in [2.45, 2.75) is 0 Å². The molecule has 1 saturated heterocycles. The summed E-state index contributed by atoms with van der Waals surface area (Å²) in [5.74, 6) is 0.741. The van der Waals surface area contributed by atoms with Crippen LogP contribution in [-0.2, 0) is 4.74 Å². The van der Waals surface area contributed by atoms with E-state index in [4.69, 9.17) is 13.9 Å². The number of aromatic nitrogens is 1. The van der Waals surface area contributed by atoms with E-state index < -0.39 is 0 Å². The summed E-state index contributed by atoms with van der Waals surface area (Å²) in [6.45, 7) is 3.26. The van der Waals surface area contributed by atoms with Crippen LogP contribution < -0.4 is 9.64 Å². The van der Waals surface area contributed by atoms with E-state index in [9.17, 15) is 0 Å². The van der Waals surface area contributed by atoms with Crippen molar-refractivity contribution in [2.24, 2.45) is 0 Å². The Labute approximate surface area is 98.9 Å². The fourth-order valence-corrected chi connectivity index (χ4v) is 2.13. The van der Waals surface area contributed by atoms with Crippen molar-refractivity contribution in [1.82, 2.24) is 4.98 Å². The third-order valence-corrected chi connectivity index (χ3v) is 3.00. The molecule has 5 nitrogen and oxygen atoms in total. The maximum Gasteiger partial charge on any atom is 0.182 e. The molecule has 90 valence electrons.